The molecular weight excluding hydrogens is 270 g/mol. The minimum Gasteiger partial charge on any atom is -0.397 e. The number of nitrogens with two attached hydrogens (primary N) is 1. The van der Waals surface area contributed by atoms with Gasteiger partial charge in [-0.1, -0.05) is 18.2 Å². The predicted octanol–water partition coefficient (Wildman–Crippen LogP) is 2.78. The summed E-state index contributed by atoms with van der Waals surface area (Å²) < 4.78 is 0. The molecule has 3 rings (SSSR count). The molecule has 1 aromatic carbocycles. The first-order chi connectivity index (χ1) is 9.74. The number of carbonyl (C=O) groups excluding carboxylic acids is 1. The lowest BCUT2D eigenvalue weighted by atomic mass is 10.2. The van der Waals surface area contributed by atoms with E-state index in [0.717, 1.165) is 17.3 Å². The van der Waals surface area contributed by atoms with Crippen molar-refractivity contribution in [3.05, 3.63) is 52.3 Å². The number of nitrogen functional groups attached to an aromatic ring is 1. The topological polar surface area (TPSA) is 70.9 Å². The molecule has 0 fully saturated rings. The van der Waals surface area contributed by atoms with Crippen molar-refractivity contribution in [3.63, 3.8) is 0 Å². The molecule has 0 aliphatic heterocycles. The van der Waals surface area contributed by atoms with Crippen molar-refractivity contribution in [2.75, 3.05) is 12.3 Å². The lowest BCUT2D eigenvalue weighted by molar-refractivity contribution is 0.0950. The monoisotopic (exact) mass is 285 g/mol. The molecule has 0 spiro atoms. The smallest absolute Gasteiger partial charge is 0.267 e. The normalized spacial score (nSPS) is 10.8. The summed E-state index contributed by atoms with van der Waals surface area (Å²) in [5.41, 5.74) is 7.89. The lowest BCUT2D eigenvalue weighted by Gasteiger charge is -2.02. The Labute approximate surface area is 120 Å². The molecule has 0 atom stereocenters. The first-order valence-corrected chi connectivity index (χ1v) is 7.30. The molecule has 0 saturated carbocycles. The van der Waals surface area contributed by atoms with Crippen LogP contribution < -0.4 is 11.1 Å². The Morgan fingerprint density at radius 2 is 2.20 bits per heavy atom. The van der Waals surface area contributed by atoms with Gasteiger partial charge in [-0.15, -0.1) is 11.3 Å². The van der Waals surface area contributed by atoms with Crippen LogP contribution in [0.25, 0.3) is 10.9 Å². The second kappa shape index (κ2) is 5.38. The van der Waals surface area contributed by atoms with Crippen molar-refractivity contribution in [1.82, 2.24) is 10.3 Å². The Kier molecular flexibility index (Phi) is 3.43. The summed E-state index contributed by atoms with van der Waals surface area (Å²) in [4.78, 5) is 16.4. The fourth-order valence-electron chi connectivity index (χ4n) is 2.15. The van der Waals surface area contributed by atoms with Crippen LogP contribution in [0.2, 0.25) is 0 Å². The number of aromatic amines is 1. The van der Waals surface area contributed by atoms with E-state index in [0.29, 0.717) is 17.9 Å². The largest absolute Gasteiger partial charge is 0.397 e. The maximum Gasteiger partial charge on any atom is 0.267 e. The summed E-state index contributed by atoms with van der Waals surface area (Å²) in [6, 6.07) is 11.5. The molecule has 2 heterocycles. The van der Waals surface area contributed by atoms with Gasteiger partial charge >= 0.3 is 0 Å². The van der Waals surface area contributed by atoms with Crippen molar-refractivity contribution in [2.24, 2.45) is 0 Å². The molecule has 5 heteroatoms. The van der Waals surface area contributed by atoms with E-state index in [4.69, 9.17) is 5.73 Å². The van der Waals surface area contributed by atoms with E-state index in [1.165, 1.54) is 4.88 Å². The van der Waals surface area contributed by atoms with Gasteiger partial charge in [0.05, 0.1) is 11.2 Å². The van der Waals surface area contributed by atoms with Gasteiger partial charge in [0.15, 0.2) is 0 Å². The van der Waals surface area contributed by atoms with Gasteiger partial charge in [0, 0.05) is 16.8 Å². The standard InChI is InChI=1S/C15H15N3OS/c16-12-5-1-3-10-9-13(18-14(10)12)15(19)17-7-6-11-4-2-8-20-11/h1-5,8-9,18H,6-7,16H2,(H,17,19). The van der Waals surface area contributed by atoms with Crippen molar-refractivity contribution in [2.45, 2.75) is 6.42 Å². The number of rotatable bonds is 4. The number of aromatic nitrogens is 1. The van der Waals surface area contributed by atoms with Gasteiger partial charge in [0.2, 0.25) is 0 Å². The number of amides is 1. The second-order valence-corrected chi connectivity index (χ2v) is 5.61. The summed E-state index contributed by atoms with van der Waals surface area (Å²) in [6.45, 7) is 0.629. The first kappa shape index (κ1) is 12.7. The molecule has 0 aliphatic carbocycles. The zero-order valence-electron chi connectivity index (χ0n) is 10.8. The summed E-state index contributed by atoms with van der Waals surface area (Å²) in [6.07, 6.45) is 0.853. The van der Waals surface area contributed by atoms with Crippen LogP contribution in [0, 0.1) is 0 Å². The number of thiophene rings is 1. The molecule has 102 valence electrons. The Balaban J connectivity index is 1.68. The molecule has 3 aromatic rings. The predicted molar refractivity (Wildman–Crippen MR) is 83.1 cm³/mol. The van der Waals surface area contributed by atoms with E-state index >= 15 is 0 Å². The maximum absolute atomic E-state index is 12.1. The molecule has 0 saturated heterocycles. The highest BCUT2D eigenvalue weighted by Crippen LogP contribution is 2.21. The van der Waals surface area contributed by atoms with Crippen molar-refractivity contribution in [1.29, 1.82) is 0 Å². The first-order valence-electron chi connectivity index (χ1n) is 6.42. The van der Waals surface area contributed by atoms with Crippen LogP contribution in [-0.2, 0) is 6.42 Å². The number of H-pyrrole nitrogens is 1. The fourth-order valence-corrected chi connectivity index (χ4v) is 2.86. The van der Waals surface area contributed by atoms with Gasteiger partial charge in [0.25, 0.3) is 5.91 Å². The Morgan fingerprint density at radius 3 is 2.95 bits per heavy atom. The number of hydrogen-bond donors (Lipinski definition) is 3. The van der Waals surface area contributed by atoms with E-state index in [-0.39, 0.29) is 5.91 Å². The van der Waals surface area contributed by atoms with Gasteiger partial charge in [-0.2, -0.15) is 0 Å². The van der Waals surface area contributed by atoms with Crippen LogP contribution in [0.1, 0.15) is 15.4 Å². The molecule has 1 amide bonds. The van der Waals surface area contributed by atoms with Gasteiger partial charge < -0.3 is 16.0 Å². The maximum atomic E-state index is 12.1. The molecule has 2 aromatic heterocycles. The van der Waals surface area contributed by atoms with E-state index < -0.39 is 0 Å². The summed E-state index contributed by atoms with van der Waals surface area (Å²) in [5.74, 6) is -0.0999. The number of para-hydroxylation sites is 1. The van der Waals surface area contributed by atoms with Crippen molar-refractivity contribution >= 4 is 33.8 Å². The summed E-state index contributed by atoms with van der Waals surface area (Å²) in [5, 5.41) is 5.90. The second-order valence-electron chi connectivity index (χ2n) is 4.58. The summed E-state index contributed by atoms with van der Waals surface area (Å²) >= 11 is 1.70. The van der Waals surface area contributed by atoms with Crippen LogP contribution in [0.15, 0.2) is 41.8 Å². The van der Waals surface area contributed by atoms with E-state index in [2.05, 4.69) is 16.4 Å². The van der Waals surface area contributed by atoms with Gasteiger partial charge in [-0.25, -0.2) is 0 Å². The molecule has 0 aliphatic rings. The quantitative estimate of drug-likeness (QED) is 0.645. The van der Waals surface area contributed by atoms with Crippen LogP contribution in [0.5, 0.6) is 0 Å². The SMILES string of the molecule is Nc1cccc2cc(C(=O)NCCc3cccs3)[nH]c12. The number of benzene rings is 1. The molecule has 4 nitrogen and oxygen atoms in total. The molecule has 0 unspecified atom stereocenters. The van der Waals surface area contributed by atoms with Gasteiger partial charge in [-0.05, 0) is 30.0 Å². The van der Waals surface area contributed by atoms with Crippen LogP contribution >= 0.6 is 11.3 Å². The van der Waals surface area contributed by atoms with Crippen LogP contribution in [-0.4, -0.2) is 17.4 Å². The number of hydrogen-bond acceptors (Lipinski definition) is 3. The van der Waals surface area contributed by atoms with Crippen LogP contribution in [0.3, 0.4) is 0 Å². The third kappa shape index (κ3) is 2.53. The van der Waals surface area contributed by atoms with E-state index in [9.17, 15) is 4.79 Å². The number of carbonyl (C=O) groups is 1. The Hall–Kier alpha value is -2.27. The van der Waals surface area contributed by atoms with Crippen LogP contribution in [0.4, 0.5) is 5.69 Å². The number of fused-ring (bicyclic) bond motifs is 1. The Bertz CT molecular complexity index is 731. The lowest BCUT2D eigenvalue weighted by Crippen LogP contribution is -2.25. The highest BCUT2D eigenvalue weighted by molar-refractivity contribution is 7.09. The minimum absolute atomic E-state index is 0.0999. The third-order valence-corrected chi connectivity index (χ3v) is 4.11. The number of anilines is 1. The summed E-state index contributed by atoms with van der Waals surface area (Å²) in [7, 11) is 0. The highest BCUT2D eigenvalue weighted by atomic mass is 32.1. The minimum atomic E-state index is -0.0999. The zero-order valence-corrected chi connectivity index (χ0v) is 11.7. The zero-order chi connectivity index (χ0) is 13.9. The van der Waals surface area contributed by atoms with E-state index in [1.54, 1.807) is 11.3 Å². The van der Waals surface area contributed by atoms with Gasteiger partial charge in [0.1, 0.15) is 5.69 Å². The fraction of sp³-hybridized carbons (Fsp3) is 0.133. The Morgan fingerprint density at radius 1 is 1.30 bits per heavy atom. The highest BCUT2D eigenvalue weighted by Gasteiger charge is 2.10. The van der Waals surface area contributed by atoms with Crippen molar-refractivity contribution < 1.29 is 4.79 Å². The van der Waals surface area contributed by atoms with Crippen molar-refractivity contribution in [3.8, 4) is 0 Å². The average Bonchev–Trinajstić information content (AvgIpc) is 3.07. The molecule has 0 bridgehead atoms. The molecule has 20 heavy (non-hydrogen) atoms. The average molecular weight is 285 g/mol. The molecule has 4 N–H and O–H groups in total. The molecular formula is C15H15N3OS. The third-order valence-electron chi connectivity index (χ3n) is 3.17. The number of nitrogens with one attached hydrogen (secondary N) is 2. The van der Waals surface area contributed by atoms with E-state index in [1.807, 2.05) is 35.7 Å². The molecule has 0 radical (unpaired) electrons. The van der Waals surface area contributed by atoms with Gasteiger partial charge in [-0.3, -0.25) is 4.79 Å².